The van der Waals surface area contributed by atoms with E-state index in [2.05, 4.69) is 0 Å². The highest BCUT2D eigenvalue weighted by atomic mass is 16.5. The van der Waals surface area contributed by atoms with Crippen LogP contribution in [-0.4, -0.2) is 0 Å². The average Bonchev–Trinajstić information content (AvgIpc) is 2.50. The average molecular weight is 250 g/mol. The third-order valence-corrected chi connectivity index (χ3v) is 2.86. The van der Waals surface area contributed by atoms with Gasteiger partial charge in [-0.05, 0) is 26.0 Å². The van der Waals surface area contributed by atoms with E-state index in [1.807, 2.05) is 86.7 Å². The van der Waals surface area contributed by atoms with E-state index in [0.29, 0.717) is 0 Å². The van der Waals surface area contributed by atoms with Gasteiger partial charge in [-0.25, -0.2) is 0 Å². The minimum atomic E-state index is 0.873. The van der Waals surface area contributed by atoms with Crippen LogP contribution < -0.4 is 0 Å². The SMILES string of the molecule is C/C=C(\O/C(=C\C)c1ccccc1)c1ccccc1. The van der Waals surface area contributed by atoms with Crippen molar-refractivity contribution in [2.45, 2.75) is 13.8 Å². The van der Waals surface area contributed by atoms with E-state index in [1.165, 1.54) is 0 Å². The molecule has 96 valence electrons. The van der Waals surface area contributed by atoms with E-state index in [-0.39, 0.29) is 0 Å². The molecule has 2 aromatic rings. The summed E-state index contributed by atoms with van der Waals surface area (Å²) in [5.74, 6) is 1.75. The number of hydrogen-bond acceptors (Lipinski definition) is 1. The number of ether oxygens (including phenoxy) is 1. The van der Waals surface area contributed by atoms with Crippen LogP contribution in [0.25, 0.3) is 11.5 Å². The summed E-state index contributed by atoms with van der Waals surface area (Å²) in [6, 6.07) is 20.3. The molecule has 0 N–H and O–H groups in total. The van der Waals surface area contributed by atoms with Gasteiger partial charge >= 0.3 is 0 Å². The van der Waals surface area contributed by atoms with Gasteiger partial charge in [0.15, 0.2) is 0 Å². The van der Waals surface area contributed by atoms with Gasteiger partial charge in [0.05, 0.1) is 0 Å². The van der Waals surface area contributed by atoms with Gasteiger partial charge in [0.2, 0.25) is 0 Å². The summed E-state index contributed by atoms with van der Waals surface area (Å²) in [6.07, 6.45) is 3.98. The standard InChI is InChI=1S/C18H18O/c1-3-17(15-11-7-5-8-12-15)19-18(4-2)16-13-9-6-10-14-16/h3-14H,1-2H3/b17-3-,18-4-. The van der Waals surface area contributed by atoms with Gasteiger partial charge in [-0.15, -0.1) is 0 Å². The Kier molecular flexibility index (Phi) is 4.57. The Morgan fingerprint density at radius 3 is 1.37 bits per heavy atom. The lowest BCUT2D eigenvalue weighted by Gasteiger charge is -2.13. The van der Waals surface area contributed by atoms with Crippen LogP contribution in [0.1, 0.15) is 25.0 Å². The van der Waals surface area contributed by atoms with Crippen LogP contribution in [0.2, 0.25) is 0 Å². The highest BCUT2D eigenvalue weighted by molar-refractivity contribution is 5.69. The molecule has 19 heavy (non-hydrogen) atoms. The maximum absolute atomic E-state index is 6.04. The van der Waals surface area contributed by atoms with Gasteiger partial charge in [-0.3, -0.25) is 0 Å². The second-order valence-electron chi connectivity index (χ2n) is 4.14. The van der Waals surface area contributed by atoms with Crippen molar-refractivity contribution >= 4 is 11.5 Å². The second-order valence-corrected chi connectivity index (χ2v) is 4.14. The molecule has 0 atom stereocenters. The van der Waals surface area contributed by atoms with Gasteiger partial charge in [-0.1, -0.05) is 60.7 Å². The van der Waals surface area contributed by atoms with Crippen molar-refractivity contribution in [2.75, 3.05) is 0 Å². The first-order valence-corrected chi connectivity index (χ1v) is 6.46. The van der Waals surface area contributed by atoms with Crippen molar-refractivity contribution in [3.63, 3.8) is 0 Å². The summed E-state index contributed by atoms with van der Waals surface area (Å²) in [5.41, 5.74) is 2.17. The largest absolute Gasteiger partial charge is 0.457 e. The molecule has 2 aromatic carbocycles. The quantitative estimate of drug-likeness (QED) is 0.684. The molecule has 0 saturated carbocycles. The van der Waals surface area contributed by atoms with E-state index in [0.717, 1.165) is 22.6 Å². The van der Waals surface area contributed by atoms with Crippen LogP contribution in [0.15, 0.2) is 72.8 Å². The molecule has 2 rings (SSSR count). The lowest BCUT2D eigenvalue weighted by molar-refractivity contribution is 0.469. The number of allylic oxidation sites excluding steroid dienone is 2. The molecule has 1 heteroatoms. The van der Waals surface area contributed by atoms with Gasteiger partial charge < -0.3 is 4.74 Å². The summed E-state index contributed by atoms with van der Waals surface area (Å²) in [5, 5.41) is 0. The molecule has 0 bridgehead atoms. The molecule has 1 nitrogen and oxygen atoms in total. The van der Waals surface area contributed by atoms with Gasteiger partial charge in [0, 0.05) is 11.1 Å². The Balaban J connectivity index is 2.24. The van der Waals surface area contributed by atoms with Gasteiger partial charge in [0.25, 0.3) is 0 Å². The Morgan fingerprint density at radius 1 is 0.684 bits per heavy atom. The maximum atomic E-state index is 6.04. The minimum Gasteiger partial charge on any atom is -0.457 e. The zero-order chi connectivity index (χ0) is 13.5. The highest BCUT2D eigenvalue weighted by Crippen LogP contribution is 2.24. The van der Waals surface area contributed by atoms with Crippen LogP contribution in [-0.2, 0) is 4.74 Å². The zero-order valence-electron chi connectivity index (χ0n) is 11.3. The summed E-state index contributed by atoms with van der Waals surface area (Å²) >= 11 is 0. The monoisotopic (exact) mass is 250 g/mol. The fourth-order valence-corrected chi connectivity index (χ4v) is 1.89. The molecular formula is C18H18O. The molecule has 0 aliphatic heterocycles. The molecule has 0 amide bonds. The van der Waals surface area contributed by atoms with Crippen molar-refractivity contribution < 1.29 is 4.74 Å². The molecule has 0 fully saturated rings. The lowest BCUT2D eigenvalue weighted by Crippen LogP contribution is -1.93. The normalized spacial score (nSPS) is 12.3. The maximum Gasteiger partial charge on any atom is 0.130 e. The molecule has 0 unspecified atom stereocenters. The van der Waals surface area contributed by atoms with Crippen LogP contribution >= 0.6 is 0 Å². The molecular weight excluding hydrogens is 232 g/mol. The topological polar surface area (TPSA) is 9.23 Å². The third-order valence-electron chi connectivity index (χ3n) is 2.86. The molecule has 0 aliphatic rings. The molecule has 0 spiro atoms. The molecule has 0 saturated heterocycles. The third kappa shape index (κ3) is 3.35. The molecule has 0 aliphatic carbocycles. The fourth-order valence-electron chi connectivity index (χ4n) is 1.89. The summed E-state index contributed by atoms with van der Waals surface area (Å²) in [7, 11) is 0. The molecule has 0 heterocycles. The van der Waals surface area contributed by atoms with E-state index in [4.69, 9.17) is 4.74 Å². The van der Waals surface area contributed by atoms with Crippen molar-refractivity contribution in [1.29, 1.82) is 0 Å². The Hall–Kier alpha value is -2.28. The van der Waals surface area contributed by atoms with E-state index < -0.39 is 0 Å². The van der Waals surface area contributed by atoms with Crippen LogP contribution in [0, 0.1) is 0 Å². The Labute approximate surface area is 114 Å². The highest BCUT2D eigenvalue weighted by Gasteiger charge is 2.06. The summed E-state index contributed by atoms with van der Waals surface area (Å²) in [6.45, 7) is 3.97. The number of rotatable bonds is 4. The summed E-state index contributed by atoms with van der Waals surface area (Å²) < 4.78 is 6.04. The Bertz CT molecular complexity index is 512. The van der Waals surface area contributed by atoms with Crippen molar-refractivity contribution in [2.24, 2.45) is 0 Å². The first-order chi connectivity index (χ1) is 9.35. The van der Waals surface area contributed by atoms with E-state index in [1.54, 1.807) is 0 Å². The zero-order valence-corrected chi connectivity index (χ0v) is 11.3. The second kappa shape index (κ2) is 6.60. The van der Waals surface area contributed by atoms with Crippen molar-refractivity contribution in [3.8, 4) is 0 Å². The van der Waals surface area contributed by atoms with E-state index >= 15 is 0 Å². The van der Waals surface area contributed by atoms with Crippen molar-refractivity contribution in [3.05, 3.63) is 83.9 Å². The first kappa shape index (κ1) is 13.2. The van der Waals surface area contributed by atoms with E-state index in [9.17, 15) is 0 Å². The predicted molar refractivity (Wildman–Crippen MR) is 81.3 cm³/mol. The van der Waals surface area contributed by atoms with Crippen LogP contribution in [0.4, 0.5) is 0 Å². The summed E-state index contributed by atoms with van der Waals surface area (Å²) in [4.78, 5) is 0. The van der Waals surface area contributed by atoms with Crippen LogP contribution in [0.3, 0.4) is 0 Å². The Morgan fingerprint density at radius 2 is 1.05 bits per heavy atom. The van der Waals surface area contributed by atoms with Gasteiger partial charge in [-0.2, -0.15) is 0 Å². The van der Waals surface area contributed by atoms with Crippen LogP contribution in [0.5, 0.6) is 0 Å². The predicted octanol–water partition coefficient (Wildman–Crippen LogP) is 5.13. The lowest BCUT2D eigenvalue weighted by atomic mass is 10.1. The molecule has 0 radical (unpaired) electrons. The molecule has 0 aromatic heterocycles. The smallest absolute Gasteiger partial charge is 0.130 e. The number of hydrogen-bond donors (Lipinski definition) is 0. The number of benzene rings is 2. The van der Waals surface area contributed by atoms with Gasteiger partial charge in [0.1, 0.15) is 11.5 Å². The fraction of sp³-hybridized carbons (Fsp3) is 0.111. The van der Waals surface area contributed by atoms with Crippen molar-refractivity contribution in [1.82, 2.24) is 0 Å². The minimum absolute atomic E-state index is 0.873. The first-order valence-electron chi connectivity index (χ1n) is 6.46.